The van der Waals surface area contributed by atoms with E-state index < -0.39 is 28.5 Å². The van der Waals surface area contributed by atoms with Crippen LogP contribution in [0.4, 0.5) is 5.69 Å². The summed E-state index contributed by atoms with van der Waals surface area (Å²) in [5.41, 5.74) is 3.87. The molecule has 9 heteroatoms. The Morgan fingerprint density at radius 2 is 1.61 bits per heavy atom. The van der Waals surface area contributed by atoms with Crippen molar-refractivity contribution in [3.63, 3.8) is 0 Å². The van der Waals surface area contributed by atoms with E-state index in [4.69, 9.17) is 11.6 Å². The van der Waals surface area contributed by atoms with Gasteiger partial charge in [-0.3, -0.25) is 13.9 Å². The van der Waals surface area contributed by atoms with Crippen molar-refractivity contribution in [3.05, 3.63) is 94.0 Å². The summed E-state index contributed by atoms with van der Waals surface area (Å²) in [6.07, 6.45) is 3.94. The molecule has 1 saturated carbocycles. The van der Waals surface area contributed by atoms with Crippen LogP contribution in [0, 0.1) is 20.8 Å². The van der Waals surface area contributed by atoms with E-state index in [1.54, 1.807) is 61.5 Å². The summed E-state index contributed by atoms with van der Waals surface area (Å²) >= 11 is 6.45. The van der Waals surface area contributed by atoms with Gasteiger partial charge in [-0.25, -0.2) is 8.42 Å². The molecule has 1 fully saturated rings. The van der Waals surface area contributed by atoms with Crippen LogP contribution in [0.2, 0.25) is 5.02 Å². The van der Waals surface area contributed by atoms with E-state index in [1.165, 1.54) is 4.90 Å². The number of rotatable bonds is 10. The standard InChI is InChI=1S/C32H38ClN3O4S/c1-22-13-17-29(18-14-22)41(39,40)36(28-16-15-23(2)24(3)19-28)21-31(37)35(20-26-9-5-8-12-30(26)33)25(4)32(38)34-27-10-6-7-11-27/h5,8-9,12-19,25,27H,6-7,10-11,20-21H2,1-4H3,(H,34,38)/t25-/m0/s1. The summed E-state index contributed by atoms with van der Waals surface area (Å²) in [5.74, 6) is -0.774. The Balaban J connectivity index is 1.71. The summed E-state index contributed by atoms with van der Waals surface area (Å²) in [6, 6.07) is 18.2. The molecule has 2 amide bonds. The highest BCUT2D eigenvalue weighted by atomic mass is 35.5. The first-order valence-electron chi connectivity index (χ1n) is 14.0. The Morgan fingerprint density at radius 1 is 0.951 bits per heavy atom. The minimum Gasteiger partial charge on any atom is -0.352 e. The van der Waals surface area contributed by atoms with Gasteiger partial charge in [-0.15, -0.1) is 0 Å². The third-order valence-electron chi connectivity index (χ3n) is 7.83. The lowest BCUT2D eigenvalue weighted by Gasteiger charge is -2.32. The molecule has 4 rings (SSSR count). The maximum absolute atomic E-state index is 14.1. The number of benzene rings is 3. The summed E-state index contributed by atoms with van der Waals surface area (Å²) in [7, 11) is -4.12. The quantitative estimate of drug-likeness (QED) is 0.314. The Bertz CT molecular complexity index is 1500. The molecule has 0 radical (unpaired) electrons. The van der Waals surface area contributed by atoms with Crippen molar-refractivity contribution in [2.75, 3.05) is 10.8 Å². The number of aryl methyl sites for hydroxylation is 3. The highest BCUT2D eigenvalue weighted by Gasteiger charge is 2.33. The molecule has 3 aromatic rings. The topological polar surface area (TPSA) is 86.8 Å². The van der Waals surface area contributed by atoms with Gasteiger partial charge in [-0.1, -0.05) is 66.4 Å². The predicted molar refractivity (Wildman–Crippen MR) is 163 cm³/mol. The zero-order valence-corrected chi connectivity index (χ0v) is 25.6. The lowest BCUT2D eigenvalue weighted by Crippen LogP contribution is -2.52. The number of nitrogens with one attached hydrogen (secondary N) is 1. The van der Waals surface area contributed by atoms with Gasteiger partial charge < -0.3 is 10.2 Å². The Labute approximate surface area is 248 Å². The number of hydrogen-bond donors (Lipinski definition) is 1. The van der Waals surface area contributed by atoms with Crippen molar-refractivity contribution in [3.8, 4) is 0 Å². The first-order valence-corrected chi connectivity index (χ1v) is 15.8. The lowest BCUT2D eigenvalue weighted by atomic mass is 10.1. The summed E-state index contributed by atoms with van der Waals surface area (Å²) < 4.78 is 29.1. The van der Waals surface area contributed by atoms with Crippen molar-refractivity contribution in [1.29, 1.82) is 0 Å². The van der Waals surface area contributed by atoms with Crippen LogP contribution in [-0.2, 0) is 26.2 Å². The number of anilines is 1. The third kappa shape index (κ3) is 7.29. The van der Waals surface area contributed by atoms with E-state index in [1.807, 2.05) is 32.9 Å². The molecule has 1 aliphatic rings. The van der Waals surface area contributed by atoms with Gasteiger partial charge in [0.25, 0.3) is 10.0 Å². The van der Waals surface area contributed by atoms with Crippen molar-refractivity contribution < 1.29 is 18.0 Å². The first kappa shape index (κ1) is 30.6. The summed E-state index contributed by atoms with van der Waals surface area (Å²) in [6.45, 7) is 6.97. The molecule has 0 aromatic heterocycles. The van der Waals surface area contributed by atoms with Gasteiger partial charge in [0, 0.05) is 17.6 Å². The van der Waals surface area contributed by atoms with Crippen LogP contribution >= 0.6 is 11.6 Å². The number of carbonyl (C=O) groups is 2. The van der Waals surface area contributed by atoms with Gasteiger partial charge in [-0.05, 0) is 87.6 Å². The summed E-state index contributed by atoms with van der Waals surface area (Å²) in [5, 5.41) is 3.54. The van der Waals surface area contributed by atoms with Crippen LogP contribution < -0.4 is 9.62 Å². The van der Waals surface area contributed by atoms with Crippen molar-refractivity contribution in [1.82, 2.24) is 10.2 Å². The molecule has 1 aliphatic carbocycles. The molecule has 218 valence electrons. The molecular formula is C32H38ClN3O4S. The van der Waals surface area contributed by atoms with Crippen molar-refractivity contribution in [2.24, 2.45) is 0 Å². The zero-order chi connectivity index (χ0) is 29.7. The minimum atomic E-state index is -4.12. The average molecular weight is 596 g/mol. The molecule has 3 aromatic carbocycles. The molecule has 1 N–H and O–H groups in total. The van der Waals surface area contributed by atoms with E-state index in [0.29, 0.717) is 16.3 Å². The number of nitrogens with zero attached hydrogens (tertiary/aromatic N) is 2. The second kappa shape index (κ2) is 13.1. The van der Waals surface area contributed by atoms with E-state index in [0.717, 1.165) is 46.7 Å². The van der Waals surface area contributed by atoms with Crippen LogP contribution in [0.25, 0.3) is 0 Å². The number of carbonyl (C=O) groups excluding carboxylic acids is 2. The molecule has 0 spiro atoms. The van der Waals surface area contributed by atoms with E-state index in [9.17, 15) is 18.0 Å². The Hall–Kier alpha value is -3.36. The monoisotopic (exact) mass is 595 g/mol. The van der Waals surface area contributed by atoms with E-state index in [2.05, 4.69) is 5.32 Å². The molecule has 1 atom stereocenters. The number of amides is 2. The predicted octanol–water partition coefficient (Wildman–Crippen LogP) is 5.94. The Kier molecular flexibility index (Phi) is 9.76. The van der Waals surface area contributed by atoms with Crippen LogP contribution in [0.5, 0.6) is 0 Å². The van der Waals surface area contributed by atoms with Crippen LogP contribution in [0.15, 0.2) is 71.6 Å². The third-order valence-corrected chi connectivity index (χ3v) is 9.99. The Morgan fingerprint density at radius 3 is 2.24 bits per heavy atom. The van der Waals surface area contributed by atoms with Gasteiger partial charge in [0.15, 0.2) is 0 Å². The fourth-order valence-corrected chi connectivity index (χ4v) is 6.63. The van der Waals surface area contributed by atoms with Gasteiger partial charge in [-0.2, -0.15) is 0 Å². The van der Waals surface area contributed by atoms with Gasteiger partial charge >= 0.3 is 0 Å². The van der Waals surface area contributed by atoms with Gasteiger partial charge in [0.05, 0.1) is 10.6 Å². The second-order valence-electron chi connectivity index (χ2n) is 10.9. The first-order chi connectivity index (χ1) is 19.5. The fraction of sp³-hybridized carbons (Fsp3) is 0.375. The maximum atomic E-state index is 14.1. The molecule has 0 bridgehead atoms. The number of hydrogen-bond acceptors (Lipinski definition) is 4. The largest absolute Gasteiger partial charge is 0.352 e. The highest BCUT2D eigenvalue weighted by Crippen LogP contribution is 2.27. The molecular weight excluding hydrogens is 558 g/mol. The normalized spacial score (nSPS) is 14.5. The summed E-state index contributed by atoms with van der Waals surface area (Å²) in [4.78, 5) is 28.9. The number of halogens is 1. The second-order valence-corrected chi connectivity index (χ2v) is 13.1. The molecule has 0 aliphatic heterocycles. The SMILES string of the molecule is Cc1ccc(S(=O)(=O)N(CC(=O)N(Cc2ccccc2Cl)[C@@H](C)C(=O)NC2CCCC2)c2ccc(C)c(C)c2)cc1. The number of sulfonamides is 1. The molecule has 0 heterocycles. The van der Waals surface area contributed by atoms with E-state index in [-0.39, 0.29) is 23.4 Å². The molecule has 0 unspecified atom stereocenters. The average Bonchev–Trinajstić information content (AvgIpc) is 3.45. The van der Waals surface area contributed by atoms with E-state index >= 15 is 0 Å². The smallest absolute Gasteiger partial charge is 0.264 e. The van der Waals surface area contributed by atoms with Crippen LogP contribution in [-0.4, -0.2) is 43.8 Å². The molecule has 0 saturated heterocycles. The highest BCUT2D eigenvalue weighted by molar-refractivity contribution is 7.92. The minimum absolute atomic E-state index is 0.0586. The fourth-order valence-electron chi connectivity index (χ4n) is 5.03. The van der Waals surface area contributed by atoms with Crippen LogP contribution in [0.3, 0.4) is 0 Å². The van der Waals surface area contributed by atoms with Crippen LogP contribution in [0.1, 0.15) is 54.9 Å². The van der Waals surface area contributed by atoms with Crippen molar-refractivity contribution in [2.45, 2.75) is 76.9 Å². The molecule has 7 nitrogen and oxygen atoms in total. The van der Waals surface area contributed by atoms with Crippen molar-refractivity contribution >= 4 is 39.1 Å². The zero-order valence-electron chi connectivity index (χ0n) is 24.1. The maximum Gasteiger partial charge on any atom is 0.264 e. The molecule has 41 heavy (non-hydrogen) atoms. The lowest BCUT2D eigenvalue weighted by molar-refractivity contribution is -0.139. The van der Waals surface area contributed by atoms with Gasteiger partial charge in [0.1, 0.15) is 12.6 Å². The van der Waals surface area contributed by atoms with Gasteiger partial charge in [0.2, 0.25) is 11.8 Å².